The van der Waals surface area contributed by atoms with Crippen LogP contribution in [0.2, 0.25) is 10.0 Å². The van der Waals surface area contributed by atoms with E-state index in [2.05, 4.69) is 0 Å². The minimum atomic E-state index is -0.868. The predicted molar refractivity (Wildman–Crippen MR) is 124 cm³/mol. The molecule has 0 saturated carbocycles. The molecule has 6 nitrogen and oxygen atoms in total. The topological polar surface area (TPSA) is 76.1 Å². The number of halogens is 2. The number of rotatable bonds is 5. The average Bonchev–Trinajstić information content (AvgIpc) is 2.81. The zero-order chi connectivity index (χ0) is 22.7. The van der Waals surface area contributed by atoms with Gasteiger partial charge < -0.3 is 19.5 Å². The monoisotopic (exact) mass is 493 g/mol. The van der Waals surface area contributed by atoms with Crippen molar-refractivity contribution in [3.05, 3.63) is 52.0 Å². The van der Waals surface area contributed by atoms with Crippen LogP contribution in [0.1, 0.15) is 18.4 Å². The van der Waals surface area contributed by atoms with E-state index in [0.717, 1.165) is 15.5 Å². The molecule has 0 aliphatic carbocycles. The number of fused-ring (bicyclic) bond motifs is 1. The van der Waals surface area contributed by atoms with Crippen molar-refractivity contribution in [3.8, 4) is 11.5 Å². The zero-order valence-corrected chi connectivity index (χ0v) is 19.4. The number of carbonyl (C=O) groups excluding carboxylic acids is 1. The Kier molecular flexibility index (Phi) is 7.18. The highest BCUT2D eigenvalue weighted by Gasteiger charge is 2.27. The van der Waals surface area contributed by atoms with Gasteiger partial charge in [-0.3, -0.25) is 9.59 Å². The number of amides is 1. The Labute approximate surface area is 200 Å². The maximum absolute atomic E-state index is 12.5. The Morgan fingerprint density at radius 1 is 1.09 bits per heavy atom. The highest BCUT2D eigenvalue weighted by atomic mass is 35.5. The van der Waals surface area contributed by atoms with Crippen LogP contribution >= 0.6 is 35.0 Å². The van der Waals surface area contributed by atoms with E-state index in [4.69, 9.17) is 32.7 Å². The van der Waals surface area contributed by atoms with Crippen molar-refractivity contribution in [2.24, 2.45) is 5.92 Å². The Hall–Kier alpha value is -2.35. The van der Waals surface area contributed by atoms with E-state index >= 15 is 0 Å². The van der Waals surface area contributed by atoms with E-state index in [0.29, 0.717) is 54.0 Å². The largest absolute Gasteiger partial charge is 0.486 e. The van der Waals surface area contributed by atoms with Gasteiger partial charge in [-0.1, -0.05) is 41.0 Å². The number of piperidine rings is 1. The first-order valence-electron chi connectivity index (χ1n) is 10.2. The molecular weight excluding hydrogens is 473 g/mol. The van der Waals surface area contributed by atoms with Crippen LogP contribution in [0.25, 0.3) is 6.08 Å². The second-order valence-corrected chi connectivity index (χ2v) is 9.35. The maximum atomic E-state index is 12.5. The molecule has 4 rings (SSSR count). The first kappa shape index (κ1) is 22.8. The van der Waals surface area contributed by atoms with Crippen molar-refractivity contribution in [2.75, 3.05) is 26.3 Å². The molecule has 2 heterocycles. The van der Waals surface area contributed by atoms with Gasteiger partial charge in [0.2, 0.25) is 5.91 Å². The number of ether oxygens (including phenoxy) is 2. The lowest BCUT2D eigenvalue weighted by molar-refractivity contribution is -0.144. The van der Waals surface area contributed by atoms with Crippen LogP contribution < -0.4 is 9.47 Å². The number of carbonyl (C=O) groups is 2. The molecule has 0 radical (unpaired) electrons. The summed E-state index contributed by atoms with van der Waals surface area (Å²) in [5.74, 6) is -0.205. The third-order valence-corrected chi connectivity index (χ3v) is 7.36. The molecule has 2 aliphatic heterocycles. The minimum Gasteiger partial charge on any atom is -0.486 e. The van der Waals surface area contributed by atoms with Crippen molar-refractivity contribution < 1.29 is 24.2 Å². The Morgan fingerprint density at radius 3 is 2.66 bits per heavy atom. The molecule has 1 atom stereocenters. The van der Waals surface area contributed by atoms with E-state index in [9.17, 15) is 14.7 Å². The quantitative estimate of drug-likeness (QED) is 0.573. The standard InChI is InChI=1S/C23H21Cl2NO5S/c24-21-14(4-8-20(27)26-9-1-2-15(13-26)23(28)29)3-7-19(22(21)25)32-16-5-6-17-18(12-16)31-11-10-30-17/h3-8,12,15H,1-2,9-11,13H2,(H,28,29)/b8-4+. The van der Waals surface area contributed by atoms with Gasteiger partial charge in [-0.2, -0.15) is 0 Å². The summed E-state index contributed by atoms with van der Waals surface area (Å²) in [6, 6.07) is 9.34. The molecule has 2 aliphatic rings. The van der Waals surface area contributed by atoms with Crippen LogP contribution in [0.4, 0.5) is 0 Å². The predicted octanol–water partition coefficient (Wildman–Crippen LogP) is 5.25. The lowest BCUT2D eigenvalue weighted by atomic mass is 9.98. The van der Waals surface area contributed by atoms with E-state index in [1.807, 2.05) is 24.3 Å². The summed E-state index contributed by atoms with van der Waals surface area (Å²) in [7, 11) is 0. The number of hydrogen-bond donors (Lipinski definition) is 1. The molecule has 32 heavy (non-hydrogen) atoms. The van der Waals surface area contributed by atoms with Crippen molar-refractivity contribution in [1.82, 2.24) is 4.90 Å². The van der Waals surface area contributed by atoms with Gasteiger partial charge in [0, 0.05) is 29.0 Å². The van der Waals surface area contributed by atoms with Gasteiger partial charge in [0.1, 0.15) is 13.2 Å². The summed E-state index contributed by atoms with van der Waals surface area (Å²) in [5.41, 5.74) is 0.614. The highest BCUT2D eigenvalue weighted by molar-refractivity contribution is 7.99. The van der Waals surface area contributed by atoms with Crippen LogP contribution in [0.15, 0.2) is 46.2 Å². The minimum absolute atomic E-state index is 0.220. The summed E-state index contributed by atoms with van der Waals surface area (Å²) >= 11 is 14.4. The summed E-state index contributed by atoms with van der Waals surface area (Å²) in [5, 5.41) is 9.94. The molecule has 1 N–H and O–H groups in total. The smallest absolute Gasteiger partial charge is 0.308 e. The molecule has 2 aromatic rings. The van der Waals surface area contributed by atoms with Gasteiger partial charge in [-0.05, 0) is 48.7 Å². The number of aliphatic carboxylic acids is 1. The molecule has 0 spiro atoms. The first-order chi connectivity index (χ1) is 15.4. The molecule has 1 saturated heterocycles. The van der Waals surface area contributed by atoms with Gasteiger partial charge in [-0.15, -0.1) is 0 Å². The fraction of sp³-hybridized carbons (Fsp3) is 0.304. The number of carboxylic acids is 1. The molecule has 168 valence electrons. The molecule has 1 amide bonds. The molecule has 2 aromatic carbocycles. The third-order valence-electron chi connectivity index (χ3n) is 5.31. The SMILES string of the molecule is O=C(O)C1CCCN(C(=O)/C=C/c2ccc(Sc3ccc4c(c3)OCCO4)c(Cl)c2Cl)C1. The Morgan fingerprint density at radius 2 is 1.88 bits per heavy atom. The average molecular weight is 494 g/mol. The summed E-state index contributed by atoms with van der Waals surface area (Å²) in [4.78, 5) is 27.0. The molecule has 1 fully saturated rings. The summed E-state index contributed by atoms with van der Waals surface area (Å²) < 4.78 is 11.2. The van der Waals surface area contributed by atoms with Gasteiger partial charge in [0.05, 0.1) is 16.0 Å². The Bertz CT molecular complexity index is 1070. The third kappa shape index (κ3) is 5.17. The number of benzene rings is 2. The second-order valence-electron chi connectivity index (χ2n) is 7.48. The number of hydrogen-bond acceptors (Lipinski definition) is 5. The fourth-order valence-corrected chi connectivity index (χ4v) is 5.07. The molecule has 0 aromatic heterocycles. The number of likely N-dealkylation sites (tertiary alicyclic amines) is 1. The number of nitrogens with zero attached hydrogens (tertiary/aromatic N) is 1. The molecule has 1 unspecified atom stereocenters. The summed E-state index contributed by atoms with van der Waals surface area (Å²) in [6.07, 6.45) is 4.29. The second kappa shape index (κ2) is 10.1. The molecular formula is C23H21Cl2NO5S. The van der Waals surface area contributed by atoms with Crippen LogP contribution in [-0.2, 0) is 9.59 Å². The highest BCUT2D eigenvalue weighted by Crippen LogP contribution is 2.42. The lowest BCUT2D eigenvalue weighted by Crippen LogP contribution is -2.41. The van der Waals surface area contributed by atoms with Crippen molar-refractivity contribution in [2.45, 2.75) is 22.6 Å². The van der Waals surface area contributed by atoms with Crippen LogP contribution in [-0.4, -0.2) is 48.2 Å². The normalized spacial score (nSPS) is 18.1. The van der Waals surface area contributed by atoms with Crippen molar-refractivity contribution >= 4 is 52.9 Å². The van der Waals surface area contributed by atoms with Crippen LogP contribution in [0.5, 0.6) is 11.5 Å². The van der Waals surface area contributed by atoms with Crippen molar-refractivity contribution in [3.63, 3.8) is 0 Å². The first-order valence-corrected chi connectivity index (χ1v) is 11.7. The van der Waals surface area contributed by atoms with Crippen LogP contribution in [0.3, 0.4) is 0 Å². The van der Waals surface area contributed by atoms with Gasteiger partial charge in [-0.25, -0.2) is 0 Å². The Balaban J connectivity index is 1.45. The summed E-state index contributed by atoms with van der Waals surface area (Å²) in [6.45, 7) is 1.82. The van der Waals surface area contributed by atoms with E-state index in [1.165, 1.54) is 17.8 Å². The van der Waals surface area contributed by atoms with Gasteiger partial charge in [0.25, 0.3) is 0 Å². The number of carboxylic acid groups (broad SMARTS) is 1. The van der Waals surface area contributed by atoms with Crippen molar-refractivity contribution in [1.29, 1.82) is 0 Å². The fourth-order valence-electron chi connectivity index (χ4n) is 3.61. The van der Waals surface area contributed by atoms with E-state index < -0.39 is 11.9 Å². The van der Waals surface area contributed by atoms with Gasteiger partial charge >= 0.3 is 5.97 Å². The van der Waals surface area contributed by atoms with E-state index in [-0.39, 0.29) is 12.5 Å². The zero-order valence-electron chi connectivity index (χ0n) is 17.1. The van der Waals surface area contributed by atoms with Gasteiger partial charge in [0.15, 0.2) is 11.5 Å². The van der Waals surface area contributed by atoms with E-state index in [1.54, 1.807) is 17.0 Å². The molecule has 0 bridgehead atoms. The molecule has 9 heteroatoms. The van der Waals surface area contributed by atoms with Crippen LogP contribution in [0, 0.1) is 5.92 Å². The maximum Gasteiger partial charge on any atom is 0.308 e. The lowest BCUT2D eigenvalue weighted by Gasteiger charge is -2.29.